The second-order valence-electron chi connectivity index (χ2n) is 4.74. The quantitative estimate of drug-likeness (QED) is 0.811. The zero-order chi connectivity index (χ0) is 11.5. The maximum atomic E-state index is 11.9. The second kappa shape index (κ2) is 6.42. The van der Waals surface area contributed by atoms with E-state index in [4.69, 9.17) is 10.5 Å². The summed E-state index contributed by atoms with van der Waals surface area (Å²) in [6.07, 6.45) is 2.19. The molecule has 0 bridgehead atoms. The van der Waals surface area contributed by atoms with E-state index < -0.39 is 6.04 Å². The molecule has 0 aromatic heterocycles. The van der Waals surface area contributed by atoms with Crippen LogP contribution in [0.25, 0.3) is 0 Å². The monoisotopic (exact) mass is 250 g/mol. The van der Waals surface area contributed by atoms with Crippen LogP contribution in [0.15, 0.2) is 0 Å². The fourth-order valence-corrected chi connectivity index (χ4v) is 1.99. The minimum absolute atomic E-state index is 0. The molecule has 0 radical (unpaired) electrons. The molecule has 16 heavy (non-hydrogen) atoms. The predicted molar refractivity (Wildman–Crippen MR) is 66.7 cm³/mol. The minimum atomic E-state index is -0.505. The number of methoxy groups -OCH3 is 1. The molecule has 1 rings (SSSR count). The Balaban J connectivity index is 0.00000225. The van der Waals surface area contributed by atoms with Gasteiger partial charge in [0.1, 0.15) is 6.04 Å². The van der Waals surface area contributed by atoms with Gasteiger partial charge in [-0.15, -0.1) is 12.4 Å². The van der Waals surface area contributed by atoms with Crippen LogP contribution in [0.1, 0.15) is 26.7 Å². The number of carbonyl (C=O) groups excluding carboxylic acids is 1. The van der Waals surface area contributed by atoms with Crippen LogP contribution in [0.5, 0.6) is 0 Å². The van der Waals surface area contributed by atoms with Crippen molar-refractivity contribution in [2.45, 2.75) is 32.7 Å². The lowest BCUT2D eigenvalue weighted by atomic mass is 9.87. The summed E-state index contributed by atoms with van der Waals surface area (Å²) in [6.45, 7) is 6.36. The van der Waals surface area contributed by atoms with E-state index in [2.05, 4.69) is 13.8 Å². The number of rotatable bonds is 4. The molecule has 0 saturated carbocycles. The van der Waals surface area contributed by atoms with Crippen LogP contribution in [-0.4, -0.2) is 43.7 Å². The van der Waals surface area contributed by atoms with Gasteiger partial charge >= 0.3 is 0 Å². The first-order valence-corrected chi connectivity index (χ1v) is 5.56. The summed E-state index contributed by atoms with van der Waals surface area (Å²) in [7, 11) is 1.56. The molecule has 1 amide bonds. The summed E-state index contributed by atoms with van der Waals surface area (Å²) in [6, 6.07) is -0.505. The van der Waals surface area contributed by atoms with Gasteiger partial charge in [-0.1, -0.05) is 13.8 Å². The molecule has 0 aliphatic carbocycles. The molecule has 1 fully saturated rings. The maximum Gasteiger partial charge on any atom is 0.241 e. The Labute approximate surface area is 104 Å². The van der Waals surface area contributed by atoms with E-state index in [1.54, 1.807) is 7.11 Å². The average Bonchev–Trinajstić information content (AvgIpc) is 2.61. The molecule has 0 aromatic rings. The Hall–Kier alpha value is -0.320. The molecule has 2 N–H and O–H groups in total. The highest BCUT2D eigenvalue weighted by Crippen LogP contribution is 2.33. The first-order valence-electron chi connectivity index (χ1n) is 5.56. The lowest BCUT2D eigenvalue weighted by molar-refractivity contribution is -0.133. The van der Waals surface area contributed by atoms with Crippen molar-refractivity contribution in [1.29, 1.82) is 0 Å². The van der Waals surface area contributed by atoms with Gasteiger partial charge in [0.15, 0.2) is 0 Å². The van der Waals surface area contributed by atoms with Crippen molar-refractivity contribution in [2.75, 3.05) is 26.8 Å². The van der Waals surface area contributed by atoms with E-state index in [0.29, 0.717) is 6.61 Å². The summed E-state index contributed by atoms with van der Waals surface area (Å²) in [4.78, 5) is 13.7. The van der Waals surface area contributed by atoms with Gasteiger partial charge in [0.25, 0.3) is 0 Å². The second-order valence-corrected chi connectivity index (χ2v) is 4.74. The Morgan fingerprint density at radius 2 is 2.25 bits per heavy atom. The number of amides is 1. The van der Waals surface area contributed by atoms with Crippen molar-refractivity contribution < 1.29 is 9.53 Å². The van der Waals surface area contributed by atoms with Gasteiger partial charge in [0.05, 0.1) is 6.61 Å². The normalized spacial score (nSPS) is 26.4. The van der Waals surface area contributed by atoms with Gasteiger partial charge < -0.3 is 15.4 Å². The van der Waals surface area contributed by atoms with E-state index in [-0.39, 0.29) is 23.7 Å². The molecule has 2 atom stereocenters. The van der Waals surface area contributed by atoms with E-state index in [0.717, 1.165) is 25.9 Å². The van der Waals surface area contributed by atoms with E-state index in [9.17, 15) is 4.79 Å². The minimum Gasteiger partial charge on any atom is -0.383 e. The summed E-state index contributed by atoms with van der Waals surface area (Å²) in [5, 5.41) is 0. The van der Waals surface area contributed by atoms with Crippen LogP contribution in [0, 0.1) is 5.41 Å². The predicted octanol–water partition coefficient (Wildman–Crippen LogP) is 1.03. The van der Waals surface area contributed by atoms with E-state index in [1.165, 1.54) is 0 Å². The fraction of sp³-hybridized carbons (Fsp3) is 0.909. The van der Waals surface area contributed by atoms with Gasteiger partial charge in [-0.05, 0) is 18.3 Å². The third-order valence-electron chi connectivity index (χ3n) is 3.39. The zero-order valence-electron chi connectivity index (χ0n) is 10.4. The van der Waals surface area contributed by atoms with Crippen LogP contribution in [0.2, 0.25) is 0 Å². The van der Waals surface area contributed by atoms with Crippen LogP contribution >= 0.6 is 12.4 Å². The van der Waals surface area contributed by atoms with Crippen LogP contribution in [0.4, 0.5) is 0 Å². The third-order valence-corrected chi connectivity index (χ3v) is 3.39. The standard InChI is InChI=1S/C11H22N2O2.ClH/c1-4-11(2)5-6-13(8-11)10(14)9(12)7-15-3;/h9H,4-8,12H2,1-3H3;1H. The van der Waals surface area contributed by atoms with Gasteiger partial charge in [0.2, 0.25) is 5.91 Å². The molecule has 1 saturated heterocycles. The smallest absolute Gasteiger partial charge is 0.241 e. The number of likely N-dealkylation sites (tertiary alicyclic amines) is 1. The van der Waals surface area contributed by atoms with Gasteiger partial charge in [-0.25, -0.2) is 0 Å². The number of hydrogen-bond acceptors (Lipinski definition) is 3. The number of hydrogen-bond donors (Lipinski definition) is 1. The van der Waals surface area contributed by atoms with Crippen LogP contribution < -0.4 is 5.73 Å². The van der Waals surface area contributed by atoms with Crippen molar-refractivity contribution in [1.82, 2.24) is 4.90 Å². The Kier molecular flexibility index (Phi) is 6.30. The van der Waals surface area contributed by atoms with Gasteiger partial charge in [-0.3, -0.25) is 4.79 Å². The fourth-order valence-electron chi connectivity index (χ4n) is 1.99. The van der Waals surface area contributed by atoms with Gasteiger partial charge in [0, 0.05) is 20.2 Å². The molecule has 1 aliphatic rings. The first kappa shape index (κ1) is 15.7. The Morgan fingerprint density at radius 3 is 2.69 bits per heavy atom. The molecule has 1 heterocycles. The molecule has 0 spiro atoms. The summed E-state index contributed by atoms with van der Waals surface area (Å²) in [5.41, 5.74) is 6.00. The molecule has 2 unspecified atom stereocenters. The van der Waals surface area contributed by atoms with Crippen molar-refractivity contribution in [3.05, 3.63) is 0 Å². The number of carbonyl (C=O) groups is 1. The first-order chi connectivity index (χ1) is 7.02. The molecular weight excluding hydrogens is 228 g/mol. The summed E-state index contributed by atoms with van der Waals surface area (Å²) >= 11 is 0. The van der Waals surface area contributed by atoms with E-state index in [1.807, 2.05) is 4.90 Å². The molecule has 1 aliphatic heterocycles. The highest BCUT2D eigenvalue weighted by atomic mass is 35.5. The average molecular weight is 251 g/mol. The number of halogens is 1. The summed E-state index contributed by atoms with van der Waals surface area (Å²) < 4.78 is 4.89. The van der Waals surface area contributed by atoms with E-state index >= 15 is 0 Å². The molecular formula is C11H23ClN2O2. The largest absolute Gasteiger partial charge is 0.383 e. The van der Waals surface area contributed by atoms with Crippen molar-refractivity contribution in [3.8, 4) is 0 Å². The number of ether oxygens (including phenoxy) is 1. The highest BCUT2D eigenvalue weighted by Gasteiger charge is 2.35. The van der Waals surface area contributed by atoms with Gasteiger partial charge in [-0.2, -0.15) is 0 Å². The molecule has 5 heteroatoms. The lowest BCUT2D eigenvalue weighted by Gasteiger charge is -2.24. The van der Waals surface area contributed by atoms with Crippen LogP contribution in [0.3, 0.4) is 0 Å². The molecule has 0 aromatic carbocycles. The SMILES string of the molecule is CCC1(C)CCN(C(=O)C(N)COC)C1.Cl. The Bertz CT molecular complexity index is 238. The topological polar surface area (TPSA) is 55.6 Å². The van der Waals surface area contributed by atoms with Crippen LogP contribution in [-0.2, 0) is 9.53 Å². The molecule has 96 valence electrons. The van der Waals surface area contributed by atoms with Crippen molar-refractivity contribution in [2.24, 2.45) is 11.1 Å². The third kappa shape index (κ3) is 3.61. The summed E-state index contributed by atoms with van der Waals surface area (Å²) in [5.74, 6) is 0.0222. The lowest BCUT2D eigenvalue weighted by Crippen LogP contribution is -2.45. The number of nitrogens with two attached hydrogens (primary N) is 1. The van der Waals surface area contributed by atoms with Crippen molar-refractivity contribution in [3.63, 3.8) is 0 Å². The van der Waals surface area contributed by atoms with Crippen molar-refractivity contribution >= 4 is 18.3 Å². The number of nitrogens with zero attached hydrogens (tertiary/aromatic N) is 1. The highest BCUT2D eigenvalue weighted by molar-refractivity contribution is 5.85. The Morgan fingerprint density at radius 1 is 1.62 bits per heavy atom. The molecule has 4 nitrogen and oxygen atoms in total. The maximum absolute atomic E-state index is 11.9. The zero-order valence-corrected chi connectivity index (χ0v) is 11.2.